The Kier molecular flexibility index (Phi) is 7.19. The number of rotatable bonds is 6. The maximum absolute atomic E-state index is 6.01. The first-order valence-electron chi connectivity index (χ1n) is 9.40. The average Bonchev–Trinajstić information content (AvgIpc) is 2.41. The lowest BCUT2D eigenvalue weighted by atomic mass is 10.2. The van der Waals surface area contributed by atoms with Gasteiger partial charge in [0, 0.05) is 21.1 Å². The van der Waals surface area contributed by atoms with Crippen molar-refractivity contribution >= 4 is 17.1 Å². The minimum Gasteiger partial charge on any atom is -0.268 e. The number of hydroxylamine groups is 3. The highest BCUT2D eigenvalue weighted by atomic mass is 16.7. The third-order valence-electron chi connectivity index (χ3n) is 3.21. The predicted octanol–water partition coefficient (Wildman–Crippen LogP) is 5.19. The number of anilines is 3. The van der Waals surface area contributed by atoms with E-state index in [9.17, 15) is 0 Å². The van der Waals surface area contributed by atoms with Crippen molar-refractivity contribution in [3.8, 4) is 0 Å². The van der Waals surface area contributed by atoms with Gasteiger partial charge in [0.15, 0.2) is 0 Å². The van der Waals surface area contributed by atoms with Gasteiger partial charge >= 0.3 is 0 Å². The van der Waals surface area contributed by atoms with Crippen molar-refractivity contribution in [1.82, 2.24) is 0 Å². The van der Waals surface area contributed by atoms with Crippen LogP contribution in [0.5, 0.6) is 0 Å². The van der Waals surface area contributed by atoms with E-state index in [-0.39, 0.29) is 16.8 Å². The smallest absolute Gasteiger partial charge is 0.0878 e. The van der Waals surface area contributed by atoms with Gasteiger partial charge in [-0.05, 0) is 80.5 Å². The molecule has 0 aliphatic rings. The summed E-state index contributed by atoms with van der Waals surface area (Å²) in [4.78, 5) is 18.0. The van der Waals surface area contributed by atoms with Crippen LogP contribution in [-0.2, 0) is 14.5 Å². The van der Waals surface area contributed by atoms with Crippen molar-refractivity contribution in [2.24, 2.45) is 0 Å². The van der Waals surface area contributed by atoms with E-state index in [4.69, 9.17) is 14.5 Å². The number of hydrogen-bond acceptors (Lipinski definition) is 6. The summed E-state index contributed by atoms with van der Waals surface area (Å²) >= 11 is 0. The summed E-state index contributed by atoms with van der Waals surface area (Å²) in [7, 11) is 5.72. The van der Waals surface area contributed by atoms with Crippen LogP contribution in [0.3, 0.4) is 0 Å². The van der Waals surface area contributed by atoms with Gasteiger partial charge in [-0.25, -0.2) is 0 Å². The minimum atomic E-state index is -0.299. The van der Waals surface area contributed by atoms with Crippen LogP contribution in [0.25, 0.3) is 0 Å². The van der Waals surface area contributed by atoms with Crippen LogP contribution in [0.1, 0.15) is 62.3 Å². The van der Waals surface area contributed by atoms with Gasteiger partial charge in [0.2, 0.25) is 0 Å². The van der Waals surface area contributed by atoms with Gasteiger partial charge in [0.05, 0.1) is 33.9 Å². The molecular formula is C21H39N3O3. The summed E-state index contributed by atoms with van der Waals surface area (Å²) in [6.45, 7) is 18.2. The molecule has 0 N–H and O–H groups in total. The van der Waals surface area contributed by atoms with E-state index in [1.54, 1.807) is 15.2 Å². The molecular weight excluding hydrogens is 342 g/mol. The molecule has 0 saturated carbocycles. The third kappa shape index (κ3) is 8.82. The summed E-state index contributed by atoms with van der Waals surface area (Å²) in [6, 6.07) is 6.10. The first-order valence-corrected chi connectivity index (χ1v) is 9.40. The Bertz CT molecular complexity index is 515. The summed E-state index contributed by atoms with van der Waals surface area (Å²) in [5.41, 5.74) is 1.83. The monoisotopic (exact) mass is 381 g/mol. The fraction of sp³-hybridized carbons (Fsp3) is 0.714. The van der Waals surface area contributed by atoms with E-state index in [1.807, 2.05) is 102 Å². The number of nitrogens with zero attached hydrogens (tertiary/aromatic N) is 3. The Hall–Kier alpha value is -1.50. The van der Waals surface area contributed by atoms with Gasteiger partial charge in [-0.1, -0.05) is 0 Å². The normalized spacial score (nSPS) is 12.9. The van der Waals surface area contributed by atoms with Crippen LogP contribution in [0, 0.1) is 0 Å². The molecule has 0 aromatic heterocycles. The van der Waals surface area contributed by atoms with E-state index in [0.717, 1.165) is 17.1 Å². The zero-order valence-electron chi connectivity index (χ0n) is 19.3. The quantitative estimate of drug-likeness (QED) is 0.632. The number of benzene rings is 1. The second-order valence-corrected chi connectivity index (χ2v) is 9.81. The van der Waals surface area contributed by atoms with Gasteiger partial charge < -0.3 is 0 Å². The van der Waals surface area contributed by atoms with Crippen LogP contribution in [0.4, 0.5) is 17.1 Å². The average molecular weight is 382 g/mol. The second-order valence-electron chi connectivity index (χ2n) is 9.81. The van der Waals surface area contributed by atoms with Gasteiger partial charge in [-0.15, -0.1) is 0 Å². The van der Waals surface area contributed by atoms with Crippen LogP contribution < -0.4 is 15.2 Å². The van der Waals surface area contributed by atoms with Gasteiger partial charge in [-0.3, -0.25) is 29.7 Å². The first kappa shape index (κ1) is 23.5. The van der Waals surface area contributed by atoms with Crippen LogP contribution in [-0.4, -0.2) is 37.9 Å². The van der Waals surface area contributed by atoms with Gasteiger partial charge in [0.1, 0.15) is 0 Å². The molecule has 0 saturated heterocycles. The van der Waals surface area contributed by atoms with Gasteiger partial charge in [0.25, 0.3) is 0 Å². The molecule has 0 heterocycles. The van der Waals surface area contributed by atoms with Crippen LogP contribution >= 0.6 is 0 Å². The van der Waals surface area contributed by atoms with E-state index >= 15 is 0 Å². The summed E-state index contributed by atoms with van der Waals surface area (Å²) < 4.78 is 0. The summed E-state index contributed by atoms with van der Waals surface area (Å²) in [5, 5.41) is 5.34. The molecule has 0 fully saturated rings. The van der Waals surface area contributed by atoms with Crippen molar-refractivity contribution in [2.75, 3.05) is 36.3 Å². The first-order chi connectivity index (χ1) is 12.0. The molecule has 0 amide bonds. The molecule has 0 atom stereocenters. The fourth-order valence-corrected chi connectivity index (χ4v) is 2.52. The molecule has 1 aromatic rings. The van der Waals surface area contributed by atoms with Gasteiger partial charge in [-0.2, -0.15) is 0 Å². The molecule has 0 bridgehead atoms. The molecule has 0 aliphatic heterocycles. The van der Waals surface area contributed by atoms with Crippen molar-refractivity contribution in [2.45, 2.75) is 79.1 Å². The Balaban J connectivity index is 3.29. The second kappa shape index (κ2) is 8.25. The van der Waals surface area contributed by atoms with E-state index in [2.05, 4.69) is 0 Å². The van der Waals surface area contributed by atoms with Crippen molar-refractivity contribution in [1.29, 1.82) is 0 Å². The molecule has 0 unspecified atom stereocenters. The summed E-state index contributed by atoms with van der Waals surface area (Å²) in [6.07, 6.45) is 0. The largest absolute Gasteiger partial charge is 0.268 e. The lowest BCUT2D eigenvalue weighted by molar-refractivity contribution is -0.0152. The lowest BCUT2D eigenvalue weighted by Gasteiger charge is -2.33. The zero-order valence-corrected chi connectivity index (χ0v) is 19.3. The molecule has 0 aliphatic carbocycles. The maximum atomic E-state index is 6.01. The Morgan fingerprint density at radius 1 is 0.481 bits per heavy atom. The SMILES string of the molecule is CN(OC(C)(C)C)c1cc(N(C)OC(C)(C)C)cc(N(C)OC(C)(C)C)c1. The standard InChI is InChI=1S/C21H39N3O3/c1-19(2,3)25-22(10)16-13-17(23(11)26-20(4,5)6)15-18(14-16)24(12)27-21(7,8)9/h13-15H,1-12H3. The van der Waals surface area contributed by atoms with E-state index in [0.29, 0.717) is 0 Å². The lowest BCUT2D eigenvalue weighted by Crippen LogP contribution is -2.34. The highest BCUT2D eigenvalue weighted by molar-refractivity contribution is 5.67. The predicted molar refractivity (Wildman–Crippen MR) is 114 cm³/mol. The van der Waals surface area contributed by atoms with Crippen molar-refractivity contribution < 1.29 is 14.5 Å². The highest BCUT2D eigenvalue weighted by Gasteiger charge is 2.21. The maximum Gasteiger partial charge on any atom is 0.0878 e. The van der Waals surface area contributed by atoms with Crippen molar-refractivity contribution in [3.05, 3.63) is 18.2 Å². The highest BCUT2D eigenvalue weighted by Crippen LogP contribution is 2.32. The van der Waals surface area contributed by atoms with Crippen LogP contribution in [0.15, 0.2) is 18.2 Å². The number of hydrogen-bond donors (Lipinski definition) is 0. The molecule has 0 spiro atoms. The molecule has 27 heavy (non-hydrogen) atoms. The zero-order chi connectivity index (χ0) is 21.2. The minimum absolute atomic E-state index is 0.299. The molecule has 156 valence electrons. The molecule has 6 heteroatoms. The fourth-order valence-electron chi connectivity index (χ4n) is 2.52. The van der Waals surface area contributed by atoms with E-state index in [1.165, 1.54) is 0 Å². The van der Waals surface area contributed by atoms with Crippen molar-refractivity contribution in [3.63, 3.8) is 0 Å². The Morgan fingerprint density at radius 3 is 0.815 bits per heavy atom. The Morgan fingerprint density at radius 2 is 0.667 bits per heavy atom. The molecule has 1 rings (SSSR count). The molecule has 1 aromatic carbocycles. The molecule has 0 radical (unpaired) electrons. The van der Waals surface area contributed by atoms with E-state index < -0.39 is 0 Å². The topological polar surface area (TPSA) is 37.4 Å². The third-order valence-corrected chi connectivity index (χ3v) is 3.21. The van der Waals surface area contributed by atoms with Crippen LogP contribution in [0.2, 0.25) is 0 Å². The summed E-state index contributed by atoms with van der Waals surface area (Å²) in [5.74, 6) is 0. The molecule has 6 nitrogen and oxygen atoms in total. The Labute approximate surface area is 165 Å².